The van der Waals surface area contributed by atoms with Crippen LogP contribution in [0.25, 0.3) is 11.5 Å². The third-order valence-electron chi connectivity index (χ3n) is 4.93. The minimum Gasteiger partial charge on any atom is -0.441 e. The van der Waals surface area contributed by atoms with Crippen molar-refractivity contribution in [2.75, 3.05) is 26.2 Å². The molecule has 0 radical (unpaired) electrons. The number of aromatic nitrogens is 1. The fourth-order valence-electron chi connectivity index (χ4n) is 3.40. The normalized spacial score (nSPS) is 15.1. The number of hydrogen-bond donors (Lipinski definition) is 0. The summed E-state index contributed by atoms with van der Waals surface area (Å²) in [6, 6.07) is 20.1. The SMILES string of the molecule is Cc1oc(-c2ccccc2)nc1C(=O)N1CCN(Cc2ccccc2)CC1. The summed E-state index contributed by atoms with van der Waals surface area (Å²) < 4.78 is 5.74. The maximum absolute atomic E-state index is 12.9. The zero-order chi connectivity index (χ0) is 18.6. The van der Waals surface area contributed by atoms with Gasteiger partial charge in [0.2, 0.25) is 5.89 Å². The molecule has 4 rings (SSSR count). The van der Waals surface area contributed by atoms with Crippen LogP contribution in [0.1, 0.15) is 21.8 Å². The van der Waals surface area contributed by atoms with Gasteiger partial charge in [-0.05, 0) is 24.6 Å². The van der Waals surface area contributed by atoms with E-state index in [1.165, 1.54) is 5.56 Å². The van der Waals surface area contributed by atoms with E-state index >= 15 is 0 Å². The summed E-state index contributed by atoms with van der Waals surface area (Å²) in [5.41, 5.74) is 2.61. The van der Waals surface area contributed by atoms with E-state index in [-0.39, 0.29) is 5.91 Å². The molecule has 3 aromatic rings. The van der Waals surface area contributed by atoms with Gasteiger partial charge in [0.15, 0.2) is 5.69 Å². The molecule has 0 unspecified atom stereocenters. The highest BCUT2D eigenvalue weighted by atomic mass is 16.4. The number of hydrogen-bond acceptors (Lipinski definition) is 4. The molecule has 1 aromatic heterocycles. The van der Waals surface area contributed by atoms with Crippen molar-refractivity contribution in [1.82, 2.24) is 14.8 Å². The lowest BCUT2D eigenvalue weighted by Gasteiger charge is -2.34. The second-order valence-corrected chi connectivity index (χ2v) is 6.84. The van der Waals surface area contributed by atoms with Crippen LogP contribution in [0.3, 0.4) is 0 Å². The van der Waals surface area contributed by atoms with Crippen LogP contribution in [-0.2, 0) is 6.54 Å². The molecule has 2 aromatic carbocycles. The fraction of sp³-hybridized carbons (Fsp3) is 0.273. The molecule has 0 saturated carbocycles. The number of rotatable bonds is 4. The highest BCUT2D eigenvalue weighted by Crippen LogP contribution is 2.22. The van der Waals surface area contributed by atoms with E-state index in [9.17, 15) is 4.79 Å². The number of carbonyl (C=O) groups is 1. The average molecular weight is 361 g/mol. The third-order valence-corrected chi connectivity index (χ3v) is 4.93. The maximum atomic E-state index is 12.9. The predicted molar refractivity (Wildman–Crippen MR) is 104 cm³/mol. The molecule has 5 nitrogen and oxygen atoms in total. The molecular formula is C22H23N3O2. The van der Waals surface area contributed by atoms with Crippen molar-refractivity contribution in [2.24, 2.45) is 0 Å². The van der Waals surface area contributed by atoms with Gasteiger partial charge in [-0.1, -0.05) is 48.5 Å². The summed E-state index contributed by atoms with van der Waals surface area (Å²) in [6.07, 6.45) is 0. The van der Waals surface area contributed by atoms with Crippen molar-refractivity contribution in [2.45, 2.75) is 13.5 Å². The predicted octanol–water partition coefficient (Wildman–Crippen LogP) is 3.61. The van der Waals surface area contributed by atoms with Gasteiger partial charge in [0.05, 0.1) is 0 Å². The summed E-state index contributed by atoms with van der Waals surface area (Å²) in [5, 5.41) is 0. The topological polar surface area (TPSA) is 49.6 Å². The third kappa shape index (κ3) is 3.93. The molecular weight excluding hydrogens is 338 g/mol. The molecule has 5 heteroatoms. The fourth-order valence-corrected chi connectivity index (χ4v) is 3.40. The highest BCUT2D eigenvalue weighted by Gasteiger charge is 2.26. The zero-order valence-electron chi connectivity index (χ0n) is 15.5. The average Bonchev–Trinajstić information content (AvgIpc) is 3.11. The van der Waals surface area contributed by atoms with Gasteiger partial charge in [0, 0.05) is 38.3 Å². The van der Waals surface area contributed by atoms with Crippen molar-refractivity contribution < 1.29 is 9.21 Å². The van der Waals surface area contributed by atoms with Crippen LogP contribution in [0, 0.1) is 6.92 Å². The summed E-state index contributed by atoms with van der Waals surface area (Å²) in [6.45, 7) is 5.87. The summed E-state index contributed by atoms with van der Waals surface area (Å²) in [5.74, 6) is 1.03. The van der Waals surface area contributed by atoms with Gasteiger partial charge in [-0.2, -0.15) is 0 Å². The second-order valence-electron chi connectivity index (χ2n) is 6.84. The Balaban J connectivity index is 1.40. The Hall–Kier alpha value is -2.92. The van der Waals surface area contributed by atoms with Crippen LogP contribution in [-0.4, -0.2) is 46.9 Å². The first-order valence-corrected chi connectivity index (χ1v) is 9.29. The Labute approximate surface area is 159 Å². The minimum atomic E-state index is -0.0437. The second kappa shape index (κ2) is 7.76. The van der Waals surface area contributed by atoms with E-state index in [1.54, 1.807) is 6.92 Å². The Morgan fingerprint density at radius 1 is 0.963 bits per heavy atom. The van der Waals surface area contributed by atoms with Crippen LogP contribution >= 0.6 is 0 Å². The number of amides is 1. The summed E-state index contributed by atoms with van der Waals surface area (Å²) in [4.78, 5) is 21.6. The van der Waals surface area contributed by atoms with Crippen LogP contribution < -0.4 is 0 Å². The summed E-state index contributed by atoms with van der Waals surface area (Å²) in [7, 11) is 0. The van der Waals surface area contributed by atoms with Crippen LogP contribution in [0.4, 0.5) is 0 Å². The van der Waals surface area contributed by atoms with Crippen molar-refractivity contribution in [3.8, 4) is 11.5 Å². The number of piperazine rings is 1. The molecule has 0 N–H and O–H groups in total. The monoisotopic (exact) mass is 361 g/mol. The molecule has 1 aliphatic rings. The van der Waals surface area contributed by atoms with Crippen LogP contribution in [0.5, 0.6) is 0 Å². The van der Waals surface area contributed by atoms with Gasteiger partial charge in [-0.3, -0.25) is 9.69 Å². The number of aryl methyl sites for hydroxylation is 1. The smallest absolute Gasteiger partial charge is 0.276 e. The van der Waals surface area contributed by atoms with Crippen LogP contribution in [0.2, 0.25) is 0 Å². The highest BCUT2D eigenvalue weighted by molar-refractivity contribution is 5.93. The van der Waals surface area contributed by atoms with E-state index in [2.05, 4.69) is 34.1 Å². The first-order chi connectivity index (χ1) is 13.2. The van der Waals surface area contributed by atoms with Crippen molar-refractivity contribution in [3.63, 3.8) is 0 Å². The standard InChI is InChI=1S/C22H23N3O2/c1-17-20(23-21(27-17)19-10-6-3-7-11-19)22(26)25-14-12-24(13-15-25)16-18-8-4-2-5-9-18/h2-11H,12-16H2,1H3. The molecule has 27 heavy (non-hydrogen) atoms. The lowest BCUT2D eigenvalue weighted by atomic mass is 10.2. The van der Waals surface area contributed by atoms with Crippen molar-refractivity contribution in [1.29, 1.82) is 0 Å². The Bertz CT molecular complexity index is 898. The maximum Gasteiger partial charge on any atom is 0.276 e. The quantitative estimate of drug-likeness (QED) is 0.712. The molecule has 0 bridgehead atoms. The molecule has 1 saturated heterocycles. The van der Waals surface area contributed by atoms with Gasteiger partial charge < -0.3 is 9.32 Å². The molecule has 0 aliphatic carbocycles. The van der Waals surface area contributed by atoms with E-state index in [0.29, 0.717) is 30.4 Å². The van der Waals surface area contributed by atoms with Gasteiger partial charge in [-0.25, -0.2) is 4.98 Å². The van der Waals surface area contributed by atoms with E-state index in [0.717, 1.165) is 25.2 Å². The lowest BCUT2D eigenvalue weighted by Crippen LogP contribution is -2.48. The Morgan fingerprint density at radius 3 is 2.26 bits per heavy atom. The van der Waals surface area contributed by atoms with Gasteiger partial charge in [0.25, 0.3) is 5.91 Å². The van der Waals surface area contributed by atoms with Gasteiger partial charge >= 0.3 is 0 Å². The number of oxazole rings is 1. The van der Waals surface area contributed by atoms with E-state index in [1.807, 2.05) is 41.3 Å². The Kier molecular flexibility index (Phi) is 5.03. The van der Waals surface area contributed by atoms with Gasteiger partial charge in [0.1, 0.15) is 5.76 Å². The van der Waals surface area contributed by atoms with E-state index < -0.39 is 0 Å². The molecule has 1 aliphatic heterocycles. The van der Waals surface area contributed by atoms with Crippen molar-refractivity contribution in [3.05, 3.63) is 77.7 Å². The number of nitrogens with zero attached hydrogens (tertiary/aromatic N) is 3. The largest absolute Gasteiger partial charge is 0.441 e. The van der Waals surface area contributed by atoms with Gasteiger partial charge in [-0.15, -0.1) is 0 Å². The zero-order valence-corrected chi connectivity index (χ0v) is 15.5. The molecule has 0 atom stereocenters. The van der Waals surface area contributed by atoms with Crippen LogP contribution in [0.15, 0.2) is 65.1 Å². The first-order valence-electron chi connectivity index (χ1n) is 9.29. The minimum absolute atomic E-state index is 0.0437. The lowest BCUT2D eigenvalue weighted by molar-refractivity contribution is 0.0621. The number of carbonyl (C=O) groups excluding carboxylic acids is 1. The Morgan fingerprint density at radius 2 is 1.59 bits per heavy atom. The molecule has 1 fully saturated rings. The molecule has 1 amide bonds. The molecule has 2 heterocycles. The molecule has 0 spiro atoms. The van der Waals surface area contributed by atoms with E-state index in [4.69, 9.17) is 4.42 Å². The summed E-state index contributed by atoms with van der Waals surface area (Å²) >= 11 is 0. The van der Waals surface area contributed by atoms with Crippen molar-refractivity contribution >= 4 is 5.91 Å². The first kappa shape index (κ1) is 17.5. The molecule has 138 valence electrons. The number of benzene rings is 2.